The predicted molar refractivity (Wildman–Crippen MR) is 66.1 cm³/mol. The summed E-state index contributed by atoms with van der Waals surface area (Å²) in [7, 11) is 0. The molecule has 2 heterocycles. The van der Waals surface area contributed by atoms with Gasteiger partial charge in [0.15, 0.2) is 5.16 Å². The third-order valence-electron chi connectivity index (χ3n) is 2.05. The van der Waals surface area contributed by atoms with Gasteiger partial charge in [-0.25, -0.2) is 4.98 Å². The fourth-order valence-corrected chi connectivity index (χ4v) is 1.95. The molecule has 0 saturated carbocycles. The maximum Gasteiger partial charge on any atom is 0.257 e. The molecule has 0 bridgehead atoms. The second kappa shape index (κ2) is 5.74. The molecule has 0 aromatic carbocycles. The van der Waals surface area contributed by atoms with Crippen LogP contribution in [-0.2, 0) is 0 Å². The van der Waals surface area contributed by atoms with Crippen LogP contribution in [0, 0.1) is 5.92 Å². The third kappa shape index (κ3) is 3.14. The van der Waals surface area contributed by atoms with E-state index in [2.05, 4.69) is 25.0 Å². The Balaban J connectivity index is 2.17. The lowest BCUT2D eigenvalue weighted by atomic mass is 10.2. The number of aliphatic hydroxyl groups excluding tert-OH is 1. The van der Waals surface area contributed by atoms with Gasteiger partial charge in [-0.15, -0.1) is 0 Å². The number of nitrogens with two attached hydrogens (primary N) is 1. The van der Waals surface area contributed by atoms with Crippen LogP contribution in [0.3, 0.4) is 0 Å². The maximum atomic E-state index is 8.96. The first-order valence-electron chi connectivity index (χ1n) is 5.29. The average molecular weight is 267 g/mol. The van der Waals surface area contributed by atoms with E-state index >= 15 is 0 Å². The van der Waals surface area contributed by atoms with Crippen LogP contribution in [0.2, 0.25) is 0 Å². The number of hydrogen-bond donors (Lipinski definition) is 2. The number of thioether (sulfide) groups is 1. The Morgan fingerprint density at radius 3 is 2.94 bits per heavy atom. The van der Waals surface area contributed by atoms with Crippen molar-refractivity contribution in [1.82, 2.24) is 29.7 Å². The van der Waals surface area contributed by atoms with Crippen LogP contribution in [0.15, 0.2) is 17.8 Å². The van der Waals surface area contributed by atoms with Gasteiger partial charge in [-0.1, -0.05) is 18.7 Å². The van der Waals surface area contributed by atoms with Gasteiger partial charge in [0.05, 0.1) is 0 Å². The summed E-state index contributed by atoms with van der Waals surface area (Å²) in [5, 5.41) is 13.4. The Morgan fingerprint density at radius 1 is 1.44 bits per heavy atom. The average Bonchev–Trinajstić information content (AvgIpc) is 2.89. The Bertz CT molecular complexity index is 504. The Labute approximate surface area is 108 Å². The summed E-state index contributed by atoms with van der Waals surface area (Å²) in [4.78, 5) is 16.0. The van der Waals surface area contributed by atoms with Gasteiger partial charge in [-0.2, -0.15) is 24.7 Å². The topological polar surface area (TPSA) is 116 Å². The van der Waals surface area contributed by atoms with Gasteiger partial charge in [0, 0.05) is 12.4 Å². The molecule has 0 spiro atoms. The number of hydrogen-bond acceptors (Lipinski definition) is 8. The van der Waals surface area contributed by atoms with E-state index in [1.807, 2.05) is 6.92 Å². The van der Waals surface area contributed by atoms with Gasteiger partial charge in [-0.05, 0) is 5.92 Å². The monoisotopic (exact) mass is 267 g/mol. The standard InChI is InChI=1S/C9H13N7OS/c1-6(2-17)3-18-9-14-7(10)13-8(15-9)16-5-11-4-12-16/h4-6,17H,2-3H2,1H3,(H2,10,13,14,15). The molecular formula is C9H13N7OS. The molecule has 0 aliphatic rings. The molecule has 9 heteroatoms. The molecule has 3 N–H and O–H groups in total. The van der Waals surface area contributed by atoms with Crippen molar-refractivity contribution in [2.75, 3.05) is 18.1 Å². The zero-order valence-electron chi connectivity index (χ0n) is 9.76. The molecule has 2 rings (SSSR count). The molecule has 0 aliphatic carbocycles. The van der Waals surface area contributed by atoms with Gasteiger partial charge in [0.2, 0.25) is 5.95 Å². The van der Waals surface area contributed by atoms with E-state index in [-0.39, 0.29) is 18.5 Å². The van der Waals surface area contributed by atoms with Crippen LogP contribution >= 0.6 is 11.8 Å². The molecule has 8 nitrogen and oxygen atoms in total. The number of aliphatic hydroxyl groups is 1. The van der Waals surface area contributed by atoms with Gasteiger partial charge >= 0.3 is 0 Å². The second-order valence-corrected chi connectivity index (χ2v) is 4.70. The SMILES string of the molecule is CC(CO)CSc1nc(N)nc(-n2cncn2)n1. The number of anilines is 1. The predicted octanol–water partition coefficient (Wildman–Crippen LogP) is -0.245. The Morgan fingerprint density at radius 2 is 2.28 bits per heavy atom. The maximum absolute atomic E-state index is 8.96. The highest BCUT2D eigenvalue weighted by Gasteiger charge is 2.09. The third-order valence-corrected chi connectivity index (χ3v) is 3.23. The summed E-state index contributed by atoms with van der Waals surface area (Å²) in [5.41, 5.74) is 5.62. The second-order valence-electron chi connectivity index (χ2n) is 3.71. The number of aromatic nitrogens is 6. The van der Waals surface area contributed by atoms with E-state index in [9.17, 15) is 0 Å². The molecule has 2 aromatic rings. The lowest BCUT2D eigenvalue weighted by molar-refractivity contribution is 0.250. The summed E-state index contributed by atoms with van der Waals surface area (Å²) in [6.07, 6.45) is 2.88. The van der Waals surface area contributed by atoms with Crippen molar-refractivity contribution in [2.24, 2.45) is 5.92 Å². The summed E-state index contributed by atoms with van der Waals surface area (Å²) in [5.74, 6) is 1.34. The Hall–Kier alpha value is -1.74. The minimum Gasteiger partial charge on any atom is -0.396 e. The summed E-state index contributed by atoms with van der Waals surface area (Å²) in [6, 6.07) is 0. The van der Waals surface area contributed by atoms with Crippen molar-refractivity contribution < 1.29 is 5.11 Å². The lowest BCUT2D eigenvalue weighted by Gasteiger charge is -2.07. The summed E-state index contributed by atoms with van der Waals surface area (Å²) in [6.45, 7) is 2.07. The largest absolute Gasteiger partial charge is 0.396 e. The van der Waals surface area contributed by atoms with Crippen LogP contribution in [0.25, 0.3) is 5.95 Å². The van der Waals surface area contributed by atoms with Gasteiger partial charge in [0.1, 0.15) is 12.7 Å². The molecule has 0 amide bonds. The number of nitrogens with zero attached hydrogens (tertiary/aromatic N) is 6. The fraction of sp³-hybridized carbons (Fsp3) is 0.444. The first-order valence-corrected chi connectivity index (χ1v) is 6.28. The molecule has 1 atom stereocenters. The van der Waals surface area contributed by atoms with Gasteiger partial charge in [-0.3, -0.25) is 0 Å². The van der Waals surface area contributed by atoms with Crippen LogP contribution in [-0.4, -0.2) is 47.2 Å². The van der Waals surface area contributed by atoms with Crippen LogP contribution < -0.4 is 5.73 Å². The highest BCUT2D eigenvalue weighted by atomic mass is 32.2. The smallest absolute Gasteiger partial charge is 0.257 e. The van der Waals surface area contributed by atoms with E-state index < -0.39 is 0 Å². The van der Waals surface area contributed by atoms with Crippen LogP contribution in [0.1, 0.15) is 6.92 Å². The van der Waals surface area contributed by atoms with E-state index in [1.165, 1.54) is 29.1 Å². The molecule has 0 fully saturated rings. The van der Waals surface area contributed by atoms with E-state index in [1.54, 1.807) is 0 Å². The zero-order chi connectivity index (χ0) is 13.0. The van der Waals surface area contributed by atoms with Crippen molar-refractivity contribution in [3.63, 3.8) is 0 Å². The van der Waals surface area contributed by atoms with E-state index in [0.717, 1.165) is 0 Å². The molecule has 96 valence electrons. The highest BCUT2D eigenvalue weighted by molar-refractivity contribution is 7.99. The summed E-state index contributed by atoms with van der Waals surface area (Å²) >= 11 is 1.41. The molecule has 2 aromatic heterocycles. The fourth-order valence-electron chi connectivity index (χ4n) is 1.11. The minimum absolute atomic E-state index is 0.128. The first-order chi connectivity index (χ1) is 8.69. The first kappa shape index (κ1) is 12.7. The van der Waals surface area contributed by atoms with E-state index in [0.29, 0.717) is 16.9 Å². The molecule has 1 unspecified atom stereocenters. The lowest BCUT2D eigenvalue weighted by Crippen LogP contribution is -2.09. The van der Waals surface area contributed by atoms with Crippen molar-refractivity contribution in [2.45, 2.75) is 12.1 Å². The summed E-state index contributed by atoms with van der Waals surface area (Å²) < 4.78 is 1.41. The minimum atomic E-state index is 0.128. The molecule has 0 aliphatic heterocycles. The zero-order valence-corrected chi connectivity index (χ0v) is 10.6. The van der Waals surface area contributed by atoms with Gasteiger partial charge in [0.25, 0.3) is 5.95 Å². The molecule has 0 radical (unpaired) electrons. The number of rotatable bonds is 5. The van der Waals surface area contributed by atoms with Crippen molar-refractivity contribution in [3.05, 3.63) is 12.7 Å². The Kier molecular flexibility index (Phi) is 4.05. The van der Waals surface area contributed by atoms with Crippen molar-refractivity contribution in [3.8, 4) is 5.95 Å². The molecular weight excluding hydrogens is 254 g/mol. The number of nitrogen functional groups attached to an aromatic ring is 1. The molecule has 0 saturated heterocycles. The van der Waals surface area contributed by atoms with E-state index in [4.69, 9.17) is 10.8 Å². The van der Waals surface area contributed by atoms with Crippen molar-refractivity contribution in [1.29, 1.82) is 0 Å². The highest BCUT2D eigenvalue weighted by Crippen LogP contribution is 2.17. The van der Waals surface area contributed by atoms with Gasteiger partial charge < -0.3 is 10.8 Å². The van der Waals surface area contributed by atoms with Crippen LogP contribution in [0.4, 0.5) is 5.95 Å². The molecule has 18 heavy (non-hydrogen) atoms. The quantitative estimate of drug-likeness (QED) is 0.713. The normalized spacial score (nSPS) is 12.6. The van der Waals surface area contributed by atoms with Crippen molar-refractivity contribution >= 4 is 17.7 Å². The van der Waals surface area contributed by atoms with Crippen LogP contribution in [0.5, 0.6) is 0 Å².